The van der Waals surface area contributed by atoms with Crippen molar-refractivity contribution in [2.75, 3.05) is 11.1 Å². The van der Waals surface area contributed by atoms with Gasteiger partial charge in [-0.15, -0.1) is 11.3 Å². The summed E-state index contributed by atoms with van der Waals surface area (Å²) in [6, 6.07) is 9.49. The second kappa shape index (κ2) is 8.63. The molecule has 3 aromatic rings. The van der Waals surface area contributed by atoms with Crippen LogP contribution in [0.5, 0.6) is 0 Å². The van der Waals surface area contributed by atoms with Crippen molar-refractivity contribution in [3.8, 4) is 16.5 Å². The molecule has 3 heterocycles. The fourth-order valence-corrected chi connectivity index (χ4v) is 3.91. The third kappa shape index (κ3) is 5.13. The molecular formula is C19H13F3N4OS2. The van der Waals surface area contributed by atoms with Gasteiger partial charge in [-0.25, -0.2) is 9.97 Å². The first-order chi connectivity index (χ1) is 13.8. The van der Waals surface area contributed by atoms with E-state index in [0.717, 1.165) is 23.4 Å². The second-order valence-electron chi connectivity index (χ2n) is 5.88. The first kappa shape index (κ1) is 20.8. The number of pyridine rings is 2. The molecule has 5 nitrogen and oxygen atoms in total. The average Bonchev–Trinajstić information content (AvgIpc) is 3.21. The fourth-order valence-electron chi connectivity index (χ4n) is 2.36. The molecule has 0 radical (unpaired) electrons. The zero-order valence-corrected chi connectivity index (χ0v) is 16.6. The molecule has 29 heavy (non-hydrogen) atoms. The number of aromatic nitrogens is 2. The largest absolute Gasteiger partial charge is 0.433 e. The normalized spacial score (nSPS) is 11.1. The Morgan fingerprint density at radius 3 is 2.72 bits per heavy atom. The van der Waals surface area contributed by atoms with Gasteiger partial charge in [-0.05, 0) is 36.1 Å². The van der Waals surface area contributed by atoms with Crippen LogP contribution in [-0.4, -0.2) is 21.6 Å². The number of anilines is 1. The first-order valence-corrected chi connectivity index (χ1v) is 10.1. The van der Waals surface area contributed by atoms with Gasteiger partial charge in [0.2, 0.25) is 5.91 Å². The van der Waals surface area contributed by atoms with Gasteiger partial charge in [0.25, 0.3) is 0 Å². The number of amides is 1. The number of aryl methyl sites for hydroxylation is 1. The number of halogens is 3. The molecule has 0 saturated carbocycles. The number of nitrogens with one attached hydrogen (secondary N) is 1. The molecule has 0 bridgehead atoms. The molecule has 0 aliphatic heterocycles. The molecule has 0 aliphatic rings. The molecule has 3 rings (SSSR count). The molecule has 3 aromatic heterocycles. The number of carbonyl (C=O) groups excluding carboxylic acids is 1. The fraction of sp³-hybridized carbons (Fsp3) is 0.158. The summed E-state index contributed by atoms with van der Waals surface area (Å²) in [6.45, 7) is 1.85. The summed E-state index contributed by atoms with van der Waals surface area (Å²) in [4.78, 5) is 20.3. The van der Waals surface area contributed by atoms with Crippen LogP contribution in [0.25, 0.3) is 10.4 Å². The Balaban J connectivity index is 1.87. The lowest BCUT2D eigenvalue weighted by Gasteiger charge is -2.13. The summed E-state index contributed by atoms with van der Waals surface area (Å²) in [6.07, 6.45) is -3.10. The number of hydrogen-bond donors (Lipinski definition) is 1. The van der Waals surface area contributed by atoms with E-state index >= 15 is 0 Å². The highest BCUT2D eigenvalue weighted by Crippen LogP contribution is 2.38. The Morgan fingerprint density at radius 2 is 2.14 bits per heavy atom. The van der Waals surface area contributed by atoms with Crippen LogP contribution in [0.1, 0.15) is 16.8 Å². The SMILES string of the molecule is Cc1ccc(NC(=O)CSc2nc(C(F)(F)F)cc(-c3cccs3)c2C#N)nc1. The Hall–Kier alpha value is -2.90. The van der Waals surface area contributed by atoms with Gasteiger partial charge in [0, 0.05) is 16.6 Å². The number of carbonyl (C=O) groups is 1. The van der Waals surface area contributed by atoms with Crippen LogP contribution in [-0.2, 0) is 11.0 Å². The van der Waals surface area contributed by atoms with Crippen LogP contribution in [0.4, 0.5) is 19.0 Å². The lowest BCUT2D eigenvalue weighted by atomic mass is 10.1. The topological polar surface area (TPSA) is 78.7 Å². The second-order valence-corrected chi connectivity index (χ2v) is 7.79. The maximum absolute atomic E-state index is 13.3. The number of hydrogen-bond acceptors (Lipinski definition) is 6. The van der Waals surface area contributed by atoms with Crippen LogP contribution in [0.2, 0.25) is 0 Å². The van der Waals surface area contributed by atoms with Gasteiger partial charge in [-0.3, -0.25) is 4.79 Å². The number of rotatable bonds is 5. The Morgan fingerprint density at radius 1 is 1.34 bits per heavy atom. The first-order valence-electron chi connectivity index (χ1n) is 8.19. The Labute approximate surface area is 172 Å². The maximum Gasteiger partial charge on any atom is 0.433 e. The van der Waals surface area contributed by atoms with Crippen molar-refractivity contribution in [3.05, 3.63) is 58.7 Å². The molecule has 0 fully saturated rings. The van der Waals surface area contributed by atoms with E-state index in [1.165, 1.54) is 11.3 Å². The van der Waals surface area contributed by atoms with Crippen molar-refractivity contribution in [1.29, 1.82) is 5.26 Å². The molecule has 1 amide bonds. The summed E-state index contributed by atoms with van der Waals surface area (Å²) in [5.74, 6) is -0.354. The number of thioether (sulfide) groups is 1. The minimum Gasteiger partial charge on any atom is -0.310 e. The average molecular weight is 434 g/mol. The van der Waals surface area contributed by atoms with E-state index in [1.54, 1.807) is 35.8 Å². The van der Waals surface area contributed by atoms with Crippen molar-refractivity contribution >= 4 is 34.8 Å². The molecule has 0 aromatic carbocycles. The number of nitriles is 1. The monoisotopic (exact) mass is 434 g/mol. The Bertz CT molecular complexity index is 1060. The highest BCUT2D eigenvalue weighted by Gasteiger charge is 2.34. The molecule has 10 heteroatoms. The standard InChI is InChI=1S/C19H13F3N4OS2/c1-11-4-5-16(24-9-11)26-17(27)10-29-18-13(8-23)12(14-3-2-6-28-14)7-15(25-18)19(20,21)22/h2-7,9H,10H2,1H3,(H,24,26,27). The van der Waals surface area contributed by atoms with Gasteiger partial charge in [0.15, 0.2) is 0 Å². The van der Waals surface area contributed by atoms with E-state index in [0.29, 0.717) is 10.7 Å². The highest BCUT2D eigenvalue weighted by atomic mass is 32.2. The molecule has 1 N–H and O–H groups in total. The zero-order chi connectivity index (χ0) is 21.0. The predicted molar refractivity (Wildman–Crippen MR) is 106 cm³/mol. The van der Waals surface area contributed by atoms with E-state index in [1.807, 2.05) is 13.0 Å². The van der Waals surface area contributed by atoms with E-state index < -0.39 is 17.8 Å². The number of alkyl halides is 3. The van der Waals surface area contributed by atoms with Crippen LogP contribution >= 0.6 is 23.1 Å². The lowest BCUT2D eigenvalue weighted by Crippen LogP contribution is -2.16. The van der Waals surface area contributed by atoms with Crippen molar-refractivity contribution in [1.82, 2.24) is 9.97 Å². The summed E-state index contributed by atoms with van der Waals surface area (Å²) in [7, 11) is 0. The van der Waals surface area contributed by atoms with Crippen LogP contribution in [0.3, 0.4) is 0 Å². The molecule has 0 spiro atoms. The zero-order valence-electron chi connectivity index (χ0n) is 14.9. The third-order valence-corrected chi connectivity index (χ3v) is 5.57. The number of nitrogens with zero attached hydrogens (tertiary/aromatic N) is 3. The number of thiophene rings is 1. The van der Waals surface area contributed by atoms with E-state index in [9.17, 15) is 23.2 Å². The van der Waals surface area contributed by atoms with Gasteiger partial charge < -0.3 is 5.32 Å². The quantitative estimate of drug-likeness (QED) is 0.563. The highest BCUT2D eigenvalue weighted by molar-refractivity contribution is 8.00. The van der Waals surface area contributed by atoms with Gasteiger partial charge in [0.05, 0.1) is 11.3 Å². The lowest BCUT2D eigenvalue weighted by molar-refractivity contribution is -0.141. The van der Waals surface area contributed by atoms with Crippen LogP contribution in [0, 0.1) is 18.3 Å². The molecular weight excluding hydrogens is 421 g/mol. The summed E-state index contributed by atoms with van der Waals surface area (Å²) in [5.41, 5.74) is -0.0343. The van der Waals surface area contributed by atoms with Crippen molar-refractivity contribution in [2.45, 2.75) is 18.1 Å². The molecule has 0 saturated heterocycles. The van der Waals surface area contributed by atoms with Crippen LogP contribution in [0.15, 0.2) is 46.9 Å². The molecule has 148 valence electrons. The molecule has 0 atom stereocenters. The van der Waals surface area contributed by atoms with Gasteiger partial charge >= 0.3 is 6.18 Å². The van der Waals surface area contributed by atoms with Gasteiger partial charge in [-0.1, -0.05) is 23.9 Å². The van der Waals surface area contributed by atoms with E-state index in [4.69, 9.17) is 0 Å². The van der Waals surface area contributed by atoms with E-state index in [2.05, 4.69) is 15.3 Å². The smallest absolute Gasteiger partial charge is 0.310 e. The Kier molecular flexibility index (Phi) is 6.20. The van der Waals surface area contributed by atoms with Crippen LogP contribution < -0.4 is 5.32 Å². The third-order valence-electron chi connectivity index (χ3n) is 3.69. The van der Waals surface area contributed by atoms with Gasteiger partial charge in [-0.2, -0.15) is 18.4 Å². The maximum atomic E-state index is 13.3. The predicted octanol–water partition coefficient (Wildman–Crippen LogP) is 5.13. The van der Waals surface area contributed by atoms with E-state index in [-0.39, 0.29) is 21.9 Å². The van der Waals surface area contributed by atoms with Crippen molar-refractivity contribution < 1.29 is 18.0 Å². The summed E-state index contributed by atoms with van der Waals surface area (Å²) >= 11 is 1.99. The minimum atomic E-state index is -4.68. The van der Waals surface area contributed by atoms with Crippen molar-refractivity contribution in [3.63, 3.8) is 0 Å². The van der Waals surface area contributed by atoms with Gasteiger partial charge in [0.1, 0.15) is 22.6 Å². The summed E-state index contributed by atoms with van der Waals surface area (Å²) < 4.78 is 39.9. The van der Waals surface area contributed by atoms with Crippen molar-refractivity contribution in [2.24, 2.45) is 0 Å². The summed E-state index contributed by atoms with van der Waals surface area (Å²) in [5, 5.41) is 13.7. The molecule has 0 unspecified atom stereocenters. The minimum absolute atomic E-state index is 0.00621. The molecule has 0 aliphatic carbocycles.